The number of amides is 1. The molecule has 0 saturated heterocycles. The smallest absolute Gasteiger partial charge is 0.264 e. The summed E-state index contributed by atoms with van der Waals surface area (Å²) in [5.41, 5.74) is 2.40. The molecule has 0 radical (unpaired) electrons. The van der Waals surface area contributed by atoms with Crippen LogP contribution in [-0.2, 0) is 16.4 Å². The summed E-state index contributed by atoms with van der Waals surface area (Å²) >= 11 is 0. The van der Waals surface area contributed by atoms with Gasteiger partial charge in [-0.15, -0.1) is 0 Å². The number of carbonyl (C=O) groups excluding carboxylic acids is 1. The minimum Gasteiger partial charge on any atom is -0.454 e. The summed E-state index contributed by atoms with van der Waals surface area (Å²) in [5.74, 6) is 0.426. The van der Waals surface area contributed by atoms with Gasteiger partial charge in [-0.2, -0.15) is 0 Å². The van der Waals surface area contributed by atoms with E-state index in [4.69, 9.17) is 4.74 Å². The van der Waals surface area contributed by atoms with Gasteiger partial charge in [-0.05, 0) is 55.3 Å². The van der Waals surface area contributed by atoms with Gasteiger partial charge in [0.25, 0.3) is 15.9 Å². The number of hydrogen-bond acceptors (Lipinski definition) is 4. The monoisotopic (exact) mass is 406 g/mol. The van der Waals surface area contributed by atoms with Crippen LogP contribution in [0.4, 0.5) is 11.4 Å². The first kappa shape index (κ1) is 17.8. The van der Waals surface area contributed by atoms with E-state index in [1.807, 2.05) is 31.2 Å². The number of nitrogens with zero attached hydrogens (tertiary/aromatic N) is 1. The number of para-hydroxylation sites is 3. The van der Waals surface area contributed by atoms with Crippen molar-refractivity contribution in [2.24, 2.45) is 0 Å². The Balaban J connectivity index is 1.59. The number of nitrogens with one attached hydrogen (secondary N) is 1. The second-order valence-electron chi connectivity index (χ2n) is 7.19. The highest BCUT2D eigenvalue weighted by Crippen LogP contribution is 2.39. The van der Waals surface area contributed by atoms with Gasteiger partial charge >= 0.3 is 0 Å². The normalized spacial score (nSPS) is 17.5. The molecule has 2 heterocycles. The van der Waals surface area contributed by atoms with Crippen LogP contribution >= 0.6 is 0 Å². The molecule has 0 unspecified atom stereocenters. The van der Waals surface area contributed by atoms with Gasteiger partial charge in [-0.3, -0.25) is 9.10 Å². The van der Waals surface area contributed by atoms with Crippen molar-refractivity contribution < 1.29 is 17.9 Å². The number of carbonyl (C=O) groups is 1. The largest absolute Gasteiger partial charge is 0.454 e. The molecule has 1 amide bonds. The number of anilines is 2. The molecule has 1 atom stereocenters. The Labute approximate surface area is 168 Å². The summed E-state index contributed by atoms with van der Waals surface area (Å²) in [6, 6.07) is 18.8. The summed E-state index contributed by atoms with van der Waals surface area (Å²) in [6.45, 7) is 1.88. The third-order valence-corrected chi connectivity index (χ3v) is 7.18. The highest BCUT2D eigenvalue weighted by Gasteiger charge is 2.36. The molecular formula is C22H18N2O4S. The second kappa shape index (κ2) is 6.35. The quantitative estimate of drug-likeness (QED) is 0.693. The van der Waals surface area contributed by atoms with E-state index in [0.717, 1.165) is 5.56 Å². The lowest BCUT2D eigenvalue weighted by atomic mass is 10.1. The first-order valence-corrected chi connectivity index (χ1v) is 10.7. The van der Waals surface area contributed by atoms with E-state index in [9.17, 15) is 13.2 Å². The molecule has 3 aromatic rings. The van der Waals surface area contributed by atoms with Crippen LogP contribution in [0.3, 0.4) is 0 Å². The second-order valence-corrected chi connectivity index (χ2v) is 9.01. The maximum absolute atomic E-state index is 13.5. The Hall–Kier alpha value is -3.32. The summed E-state index contributed by atoms with van der Waals surface area (Å²) in [7, 11) is -3.84. The number of rotatable bonds is 2. The van der Waals surface area contributed by atoms with E-state index < -0.39 is 15.9 Å². The van der Waals surface area contributed by atoms with Crippen molar-refractivity contribution in [3.63, 3.8) is 0 Å². The van der Waals surface area contributed by atoms with Gasteiger partial charge < -0.3 is 10.1 Å². The topological polar surface area (TPSA) is 75.7 Å². The van der Waals surface area contributed by atoms with Crippen molar-refractivity contribution in [1.82, 2.24) is 0 Å². The third-order valence-electron chi connectivity index (χ3n) is 5.25. The molecule has 0 bridgehead atoms. The van der Waals surface area contributed by atoms with Crippen LogP contribution in [0, 0.1) is 0 Å². The van der Waals surface area contributed by atoms with Gasteiger partial charge in [0.1, 0.15) is 5.75 Å². The fourth-order valence-electron chi connectivity index (χ4n) is 3.92. The standard InChI is InChI=1S/C22H18N2O4S/c1-14-12-15-6-2-4-8-19(15)24(14)29(26,27)16-10-11-20-17(13-16)22(25)23-18-7-3-5-9-21(18)28-20/h2-11,13-14H,12H2,1H3,(H,23,25)/t14-/m1/s1. The van der Waals surface area contributed by atoms with Crippen LogP contribution in [-0.4, -0.2) is 20.4 Å². The molecule has 0 spiro atoms. The van der Waals surface area contributed by atoms with Crippen molar-refractivity contribution >= 4 is 27.3 Å². The number of hydrogen-bond donors (Lipinski definition) is 1. The van der Waals surface area contributed by atoms with Crippen LogP contribution < -0.4 is 14.4 Å². The molecule has 5 rings (SSSR count). The lowest BCUT2D eigenvalue weighted by Crippen LogP contribution is -2.35. The predicted octanol–water partition coefficient (Wildman–Crippen LogP) is 4.18. The first-order chi connectivity index (χ1) is 13.9. The fraction of sp³-hybridized carbons (Fsp3) is 0.136. The molecule has 29 heavy (non-hydrogen) atoms. The highest BCUT2D eigenvalue weighted by atomic mass is 32.2. The van der Waals surface area contributed by atoms with E-state index in [1.165, 1.54) is 22.5 Å². The molecular weight excluding hydrogens is 388 g/mol. The molecule has 2 aliphatic rings. The molecule has 1 N–H and O–H groups in total. The van der Waals surface area contributed by atoms with Crippen molar-refractivity contribution in [2.45, 2.75) is 24.3 Å². The maximum atomic E-state index is 13.5. The van der Waals surface area contributed by atoms with Gasteiger partial charge in [-0.1, -0.05) is 30.3 Å². The van der Waals surface area contributed by atoms with E-state index in [-0.39, 0.29) is 16.5 Å². The molecule has 7 heteroatoms. The number of ether oxygens (including phenoxy) is 1. The molecule has 3 aromatic carbocycles. The van der Waals surface area contributed by atoms with E-state index in [2.05, 4.69) is 5.32 Å². The zero-order valence-corrected chi connectivity index (χ0v) is 16.4. The van der Waals surface area contributed by atoms with Crippen LogP contribution in [0.5, 0.6) is 11.5 Å². The average molecular weight is 406 g/mol. The Bertz CT molecular complexity index is 1250. The molecule has 0 aliphatic carbocycles. The first-order valence-electron chi connectivity index (χ1n) is 9.30. The van der Waals surface area contributed by atoms with Crippen LogP contribution in [0.2, 0.25) is 0 Å². The van der Waals surface area contributed by atoms with Crippen LogP contribution in [0.1, 0.15) is 22.8 Å². The molecule has 2 aliphatic heterocycles. The molecule has 0 aromatic heterocycles. The van der Waals surface area contributed by atoms with Gasteiger partial charge in [0.05, 0.1) is 21.8 Å². The fourth-order valence-corrected chi connectivity index (χ4v) is 5.64. The Kier molecular flexibility index (Phi) is 3.89. The SMILES string of the molecule is C[C@@H]1Cc2ccccc2N1S(=O)(=O)c1ccc2c(c1)C(=O)Nc1ccccc1O2. The maximum Gasteiger partial charge on any atom is 0.264 e. The lowest BCUT2D eigenvalue weighted by Gasteiger charge is -2.24. The molecule has 0 saturated carbocycles. The minimum atomic E-state index is -3.84. The summed E-state index contributed by atoms with van der Waals surface area (Å²) in [5, 5.41) is 2.78. The Morgan fingerprint density at radius 3 is 2.62 bits per heavy atom. The van der Waals surface area contributed by atoms with Crippen molar-refractivity contribution in [3.8, 4) is 11.5 Å². The number of benzene rings is 3. The van der Waals surface area contributed by atoms with E-state index in [0.29, 0.717) is 29.3 Å². The summed E-state index contributed by atoms with van der Waals surface area (Å²) in [6.07, 6.45) is 0.652. The van der Waals surface area contributed by atoms with E-state index in [1.54, 1.807) is 24.3 Å². The van der Waals surface area contributed by atoms with Crippen molar-refractivity contribution in [1.29, 1.82) is 0 Å². The summed E-state index contributed by atoms with van der Waals surface area (Å²) < 4.78 is 34.2. The van der Waals surface area contributed by atoms with Gasteiger partial charge in [-0.25, -0.2) is 8.42 Å². The number of fused-ring (bicyclic) bond motifs is 3. The van der Waals surface area contributed by atoms with Gasteiger partial charge in [0.15, 0.2) is 5.75 Å². The number of sulfonamides is 1. The molecule has 6 nitrogen and oxygen atoms in total. The van der Waals surface area contributed by atoms with Gasteiger partial charge in [0, 0.05) is 6.04 Å². The van der Waals surface area contributed by atoms with Crippen molar-refractivity contribution in [2.75, 3.05) is 9.62 Å². The van der Waals surface area contributed by atoms with Crippen LogP contribution in [0.25, 0.3) is 0 Å². The Morgan fingerprint density at radius 1 is 1.00 bits per heavy atom. The Morgan fingerprint density at radius 2 is 1.76 bits per heavy atom. The predicted molar refractivity (Wildman–Crippen MR) is 110 cm³/mol. The summed E-state index contributed by atoms with van der Waals surface area (Å²) in [4.78, 5) is 12.8. The zero-order valence-electron chi connectivity index (χ0n) is 15.6. The van der Waals surface area contributed by atoms with E-state index >= 15 is 0 Å². The van der Waals surface area contributed by atoms with Crippen LogP contribution in [0.15, 0.2) is 71.6 Å². The highest BCUT2D eigenvalue weighted by molar-refractivity contribution is 7.92. The van der Waals surface area contributed by atoms with Crippen molar-refractivity contribution in [3.05, 3.63) is 77.9 Å². The van der Waals surface area contributed by atoms with Gasteiger partial charge in [0.2, 0.25) is 0 Å². The minimum absolute atomic E-state index is 0.0597. The third kappa shape index (κ3) is 2.77. The average Bonchev–Trinajstić information content (AvgIpc) is 2.98. The lowest BCUT2D eigenvalue weighted by molar-refractivity contribution is 0.102. The molecule has 146 valence electrons. The zero-order chi connectivity index (χ0) is 20.2. The molecule has 0 fully saturated rings.